The van der Waals surface area contributed by atoms with Gasteiger partial charge in [0.05, 0.1) is 18.1 Å². The number of rotatable bonds is 8. The maximum atomic E-state index is 13.1. The number of nitriles is 1. The molecule has 4 nitrogen and oxygen atoms in total. The molecule has 0 aliphatic carbocycles. The second kappa shape index (κ2) is 12.5. The molecule has 0 aromatic heterocycles. The fourth-order valence-corrected chi connectivity index (χ4v) is 5.21. The largest absolute Gasteiger partial charge is 1.00 e. The Kier molecular flexibility index (Phi) is 9.71. The number of carbonyl (C=O) groups excluding carboxylic acids is 1. The summed E-state index contributed by atoms with van der Waals surface area (Å²) >= 11 is 0. The molecule has 1 heterocycles. The number of benzene rings is 3. The standard InChI is InChI=1S/C30H32N2O2.Na.H/c1-2-34-28(33)29(25-12-6-3-7-13-25)18-21-32(22-19-29)23-20-30(24-31,26-14-8-4-9-15-26)27-16-10-5-11-17-27;;/h3-17H,2,18-23H2,1H3;;/q;+1;-1. The minimum Gasteiger partial charge on any atom is -1.00 e. The van der Waals surface area contributed by atoms with Gasteiger partial charge in [0.25, 0.3) is 0 Å². The molecule has 0 amide bonds. The van der Waals surface area contributed by atoms with Crippen LogP contribution in [0.25, 0.3) is 0 Å². The minimum absolute atomic E-state index is 0. The van der Waals surface area contributed by atoms with E-state index in [0.29, 0.717) is 25.9 Å². The summed E-state index contributed by atoms with van der Waals surface area (Å²) in [5.74, 6) is -0.124. The van der Waals surface area contributed by atoms with Crippen LogP contribution in [-0.4, -0.2) is 37.1 Å². The first-order valence-electron chi connectivity index (χ1n) is 12.1. The number of hydrogen-bond donors (Lipinski definition) is 0. The molecule has 0 spiro atoms. The smallest absolute Gasteiger partial charge is 1.00 e. The van der Waals surface area contributed by atoms with Crippen molar-refractivity contribution in [1.29, 1.82) is 5.26 Å². The Labute approximate surface area is 232 Å². The minimum atomic E-state index is -0.711. The zero-order valence-corrected chi connectivity index (χ0v) is 22.8. The predicted molar refractivity (Wildman–Crippen MR) is 135 cm³/mol. The second-order valence-corrected chi connectivity index (χ2v) is 9.01. The van der Waals surface area contributed by atoms with E-state index in [1.807, 2.05) is 97.9 Å². The second-order valence-electron chi connectivity index (χ2n) is 9.01. The third-order valence-electron chi connectivity index (χ3n) is 7.23. The molecule has 4 rings (SSSR count). The van der Waals surface area contributed by atoms with Crippen LogP contribution in [0.1, 0.15) is 44.3 Å². The molecule has 1 fully saturated rings. The number of ether oxygens (including phenoxy) is 1. The Bertz CT molecular complexity index is 1070. The number of likely N-dealkylation sites (tertiary alicyclic amines) is 1. The van der Waals surface area contributed by atoms with Crippen molar-refractivity contribution in [3.05, 3.63) is 108 Å². The molecule has 35 heavy (non-hydrogen) atoms. The van der Waals surface area contributed by atoms with Gasteiger partial charge in [-0.2, -0.15) is 5.26 Å². The van der Waals surface area contributed by atoms with E-state index in [-0.39, 0.29) is 37.0 Å². The fourth-order valence-electron chi connectivity index (χ4n) is 5.21. The summed E-state index contributed by atoms with van der Waals surface area (Å²) in [6, 6.07) is 32.9. The third kappa shape index (κ3) is 5.71. The molecule has 1 aliphatic rings. The van der Waals surface area contributed by atoms with Crippen molar-refractivity contribution < 1.29 is 40.5 Å². The summed E-state index contributed by atoms with van der Waals surface area (Å²) in [6.45, 7) is 4.61. The molecular formula is C30H33N2NaO2. The fraction of sp³-hybridized carbons (Fsp3) is 0.333. The molecule has 3 aromatic carbocycles. The van der Waals surface area contributed by atoms with Crippen molar-refractivity contribution in [3.63, 3.8) is 0 Å². The van der Waals surface area contributed by atoms with Gasteiger partial charge in [-0.25, -0.2) is 0 Å². The number of carbonyl (C=O) groups is 1. The van der Waals surface area contributed by atoms with Gasteiger partial charge in [-0.3, -0.25) is 4.79 Å². The van der Waals surface area contributed by atoms with Gasteiger partial charge in [0.2, 0.25) is 0 Å². The molecule has 0 unspecified atom stereocenters. The van der Waals surface area contributed by atoms with Crippen LogP contribution in [0.4, 0.5) is 0 Å². The number of piperidine rings is 1. The number of nitrogens with zero attached hydrogens (tertiary/aromatic N) is 2. The molecule has 1 aliphatic heterocycles. The molecule has 0 bridgehead atoms. The van der Waals surface area contributed by atoms with Crippen molar-refractivity contribution in [2.24, 2.45) is 0 Å². The van der Waals surface area contributed by atoms with E-state index in [1.54, 1.807) is 0 Å². The number of esters is 1. The normalized spacial score (nSPS) is 15.4. The van der Waals surface area contributed by atoms with Crippen molar-refractivity contribution in [1.82, 2.24) is 4.90 Å². The predicted octanol–water partition coefficient (Wildman–Crippen LogP) is 2.60. The van der Waals surface area contributed by atoms with Crippen LogP contribution in [0.3, 0.4) is 0 Å². The maximum Gasteiger partial charge on any atom is 1.00 e. The topological polar surface area (TPSA) is 53.3 Å². The van der Waals surface area contributed by atoms with Crippen LogP contribution in [0.2, 0.25) is 0 Å². The van der Waals surface area contributed by atoms with Crippen LogP contribution in [0, 0.1) is 11.3 Å². The van der Waals surface area contributed by atoms with Crippen LogP contribution in [0.5, 0.6) is 0 Å². The van der Waals surface area contributed by atoms with Crippen LogP contribution in [-0.2, 0) is 20.4 Å². The van der Waals surface area contributed by atoms with Gasteiger partial charge in [-0.05, 0) is 56.0 Å². The molecule has 5 heteroatoms. The SMILES string of the molecule is CCOC(=O)C1(c2ccccc2)CCN(CCC(C#N)(c2ccccc2)c2ccccc2)CC1.[H-].[Na+]. The van der Waals surface area contributed by atoms with Gasteiger partial charge >= 0.3 is 35.5 Å². The quantitative estimate of drug-likeness (QED) is 0.371. The van der Waals surface area contributed by atoms with Crippen molar-refractivity contribution in [2.45, 2.75) is 37.0 Å². The first kappa shape index (κ1) is 27.2. The average molecular weight is 477 g/mol. The molecule has 0 saturated carbocycles. The molecular weight excluding hydrogens is 443 g/mol. The van der Waals surface area contributed by atoms with Gasteiger partial charge in [0.1, 0.15) is 5.41 Å². The Morgan fingerprint density at radius 2 is 1.43 bits per heavy atom. The van der Waals surface area contributed by atoms with Gasteiger partial charge in [0, 0.05) is 6.54 Å². The van der Waals surface area contributed by atoms with E-state index < -0.39 is 10.8 Å². The van der Waals surface area contributed by atoms with E-state index in [0.717, 1.165) is 36.3 Å². The van der Waals surface area contributed by atoms with E-state index in [9.17, 15) is 10.1 Å². The van der Waals surface area contributed by atoms with Gasteiger partial charge in [0.15, 0.2) is 0 Å². The zero-order valence-electron chi connectivity index (χ0n) is 21.8. The summed E-state index contributed by atoms with van der Waals surface area (Å²) in [7, 11) is 0. The Morgan fingerprint density at radius 3 is 1.89 bits per heavy atom. The van der Waals surface area contributed by atoms with E-state index in [2.05, 4.69) is 11.0 Å². The van der Waals surface area contributed by atoms with Crippen LogP contribution in [0.15, 0.2) is 91.0 Å². The summed E-state index contributed by atoms with van der Waals surface area (Å²) in [4.78, 5) is 15.5. The summed E-state index contributed by atoms with van der Waals surface area (Å²) in [6.07, 6.45) is 2.12. The summed E-state index contributed by atoms with van der Waals surface area (Å²) in [5.41, 5.74) is 1.76. The van der Waals surface area contributed by atoms with Gasteiger partial charge in [-0.15, -0.1) is 0 Å². The molecule has 176 valence electrons. The van der Waals surface area contributed by atoms with Crippen molar-refractivity contribution in [3.8, 4) is 6.07 Å². The van der Waals surface area contributed by atoms with E-state index >= 15 is 0 Å². The molecule has 1 saturated heterocycles. The van der Waals surface area contributed by atoms with Crippen LogP contribution >= 0.6 is 0 Å². The first-order valence-corrected chi connectivity index (χ1v) is 12.1. The Balaban J connectivity index is 0.00000228. The zero-order chi connectivity index (χ0) is 23.9. The van der Waals surface area contributed by atoms with Gasteiger partial charge < -0.3 is 11.1 Å². The number of hydrogen-bond acceptors (Lipinski definition) is 4. The van der Waals surface area contributed by atoms with Crippen molar-refractivity contribution >= 4 is 5.97 Å². The van der Waals surface area contributed by atoms with E-state index in [4.69, 9.17) is 4.74 Å². The average Bonchev–Trinajstić information content (AvgIpc) is 2.91. The Hall–Kier alpha value is -2.42. The van der Waals surface area contributed by atoms with Crippen molar-refractivity contribution in [2.75, 3.05) is 26.2 Å². The maximum absolute atomic E-state index is 13.1. The van der Waals surface area contributed by atoms with E-state index in [1.165, 1.54) is 0 Å². The Morgan fingerprint density at radius 1 is 0.943 bits per heavy atom. The van der Waals surface area contributed by atoms with Crippen LogP contribution < -0.4 is 29.6 Å². The molecule has 0 N–H and O–H groups in total. The molecule has 0 radical (unpaired) electrons. The molecule has 3 aromatic rings. The summed E-state index contributed by atoms with van der Waals surface area (Å²) in [5, 5.41) is 10.4. The third-order valence-corrected chi connectivity index (χ3v) is 7.23. The summed E-state index contributed by atoms with van der Waals surface area (Å²) < 4.78 is 5.52. The monoisotopic (exact) mass is 476 g/mol. The first-order chi connectivity index (χ1) is 16.6. The molecule has 0 atom stereocenters. The van der Waals surface area contributed by atoms with Gasteiger partial charge in [-0.1, -0.05) is 91.0 Å².